The van der Waals surface area contributed by atoms with E-state index in [2.05, 4.69) is 5.32 Å². The normalized spacial score (nSPS) is 13.7. The molecule has 9 heteroatoms. The summed E-state index contributed by atoms with van der Waals surface area (Å²) in [5, 5.41) is 15.6. The predicted octanol–water partition coefficient (Wildman–Crippen LogP) is 3.12. The Kier molecular flexibility index (Phi) is 5.95. The number of nitro groups is 1. The van der Waals surface area contributed by atoms with Crippen molar-refractivity contribution in [1.82, 2.24) is 4.90 Å². The highest BCUT2D eigenvalue weighted by Crippen LogP contribution is 2.30. The van der Waals surface area contributed by atoms with Gasteiger partial charge >= 0.3 is 5.69 Å². The van der Waals surface area contributed by atoms with Crippen LogP contribution in [0, 0.1) is 10.1 Å². The molecule has 1 heterocycles. The molecular formula is C19H17N3O5S. The lowest BCUT2D eigenvalue weighted by Crippen LogP contribution is -2.39. The first kappa shape index (κ1) is 19.4. The van der Waals surface area contributed by atoms with E-state index < -0.39 is 10.8 Å². The summed E-state index contributed by atoms with van der Waals surface area (Å²) in [6.45, 7) is -0.194. The number of carbonyl (C=O) groups is 2. The first-order chi connectivity index (χ1) is 13.5. The lowest BCUT2D eigenvalue weighted by molar-refractivity contribution is -0.385. The number of ether oxygens (including phenoxy) is 1. The number of anilines is 1. The van der Waals surface area contributed by atoms with Crippen LogP contribution >= 0.6 is 11.8 Å². The molecule has 0 saturated heterocycles. The first-order valence-corrected chi connectivity index (χ1v) is 9.34. The van der Waals surface area contributed by atoms with Crippen LogP contribution in [0.5, 0.6) is 5.75 Å². The van der Waals surface area contributed by atoms with E-state index in [1.807, 2.05) is 35.7 Å². The van der Waals surface area contributed by atoms with E-state index in [0.29, 0.717) is 5.70 Å². The van der Waals surface area contributed by atoms with Gasteiger partial charge in [0.15, 0.2) is 5.75 Å². The van der Waals surface area contributed by atoms with Gasteiger partial charge in [0.25, 0.3) is 0 Å². The van der Waals surface area contributed by atoms with E-state index in [1.165, 1.54) is 42.0 Å². The van der Waals surface area contributed by atoms with Gasteiger partial charge < -0.3 is 15.0 Å². The van der Waals surface area contributed by atoms with Crippen molar-refractivity contribution in [1.29, 1.82) is 0 Å². The zero-order valence-corrected chi connectivity index (χ0v) is 15.8. The van der Waals surface area contributed by atoms with Crippen molar-refractivity contribution in [2.24, 2.45) is 0 Å². The Balaban J connectivity index is 1.77. The molecule has 1 aliphatic heterocycles. The summed E-state index contributed by atoms with van der Waals surface area (Å²) in [6, 6.07) is 13.4. The molecule has 0 aromatic heterocycles. The number of carbonyl (C=O) groups excluding carboxylic acids is 2. The van der Waals surface area contributed by atoms with Crippen LogP contribution < -0.4 is 10.1 Å². The molecule has 1 aliphatic rings. The summed E-state index contributed by atoms with van der Waals surface area (Å²) in [4.78, 5) is 36.8. The van der Waals surface area contributed by atoms with E-state index in [9.17, 15) is 19.7 Å². The molecule has 0 saturated carbocycles. The van der Waals surface area contributed by atoms with Crippen molar-refractivity contribution < 1.29 is 19.2 Å². The Morgan fingerprint density at radius 3 is 2.71 bits per heavy atom. The maximum atomic E-state index is 12.5. The Morgan fingerprint density at radius 2 is 2.04 bits per heavy atom. The molecule has 3 rings (SSSR count). The minimum Gasteiger partial charge on any atom is -0.490 e. The van der Waals surface area contributed by atoms with Crippen molar-refractivity contribution in [3.63, 3.8) is 0 Å². The van der Waals surface area contributed by atoms with Crippen LogP contribution in [0.1, 0.15) is 5.56 Å². The van der Waals surface area contributed by atoms with Gasteiger partial charge in [0, 0.05) is 11.8 Å². The predicted molar refractivity (Wildman–Crippen MR) is 107 cm³/mol. The quantitative estimate of drug-likeness (QED) is 0.592. The van der Waals surface area contributed by atoms with Crippen molar-refractivity contribution in [2.45, 2.75) is 0 Å². The zero-order valence-electron chi connectivity index (χ0n) is 15.0. The molecule has 0 radical (unpaired) electrons. The second-order valence-electron chi connectivity index (χ2n) is 5.85. The second-order valence-corrected chi connectivity index (χ2v) is 6.71. The number of benzene rings is 2. The lowest BCUT2D eigenvalue weighted by Gasteiger charge is -2.28. The topological polar surface area (TPSA) is 102 Å². The lowest BCUT2D eigenvalue weighted by atomic mass is 10.1. The number of hydrogen-bond acceptors (Lipinski definition) is 6. The average Bonchev–Trinajstić information content (AvgIpc) is 2.70. The van der Waals surface area contributed by atoms with Gasteiger partial charge in [0.1, 0.15) is 6.54 Å². The third-order valence-corrected chi connectivity index (χ3v) is 4.83. The van der Waals surface area contributed by atoms with Crippen LogP contribution in [0.3, 0.4) is 0 Å². The van der Waals surface area contributed by atoms with Gasteiger partial charge in [-0.3, -0.25) is 19.7 Å². The van der Waals surface area contributed by atoms with Gasteiger partial charge in [0.2, 0.25) is 11.8 Å². The number of nitro benzene ring substituents is 1. The molecule has 0 unspecified atom stereocenters. The number of nitrogens with one attached hydrogen (secondary N) is 1. The summed E-state index contributed by atoms with van der Waals surface area (Å²) in [5.41, 5.74) is 1.48. The van der Waals surface area contributed by atoms with Crippen molar-refractivity contribution in [3.8, 4) is 5.75 Å². The van der Waals surface area contributed by atoms with E-state index in [1.54, 1.807) is 0 Å². The molecule has 1 N–H and O–H groups in total. The maximum absolute atomic E-state index is 12.5. The molecule has 0 atom stereocenters. The number of methoxy groups -OCH3 is 1. The van der Waals surface area contributed by atoms with Crippen molar-refractivity contribution in [3.05, 3.63) is 69.6 Å². The summed E-state index contributed by atoms with van der Waals surface area (Å²) in [6.07, 6.45) is 0. The number of hydrogen-bond donors (Lipinski definition) is 1. The van der Waals surface area contributed by atoms with Crippen LogP contribution in [0.2, 0.25) is 0 Å². The number of thioether (sulfide) groups is 1. The number of rotatable bonds is 6. The molecule has 144 valence electrons. The molecular weight excluding hydrogens is 382 g/mol. The molecule has 28 heavy (non-hydrogen) atoms. The highest BCUT2D eigenvalue weighted by Gasteiger charge is 2.26. The van der Waals surface area contributed by atoms with Gasteiger partial charge in [0.05, 0.1) is 23.5 Å². The fourth-order valence-corrected chi connectivity index (χ4v) is 3.53. The first-order valence-electron chi connectivity index (χ1n) is 8.29. The third kappa shape index (κ3) is 4.32. The molecule has 8 nitrogen and oxygen atoms in total. The Bertz CT molecular complexity index is 946. The van der Waals surface area contributed by atoms with E-state index in [-0.39, 0.29) is 35.3 Å². The minimum atomic E-state index is -0.587. The fourth-order valence-electron chi connectivity index (χ4n) is 2.73. The van der Waals surface area contributed by atoms with Gasteiger partial charge in [-0.25, -0.2) is 0 Å². The summed E-state index contributed by atoms with van der Waals surface area (Å²) >= 11 is 1.38. The van der Waals surface area contributed by atoms with Gasteiger partial charge in [-0.1, -0.05) is 30.3 Å². The smallest absolute Gasteiger partial charge is 0.312 e. The Labute approximate surface area is 165 Å². The van der Waals surface area contributed by atoms with Crippen LogP contribution in [-0.4, -0.2) is 41.0 Å². The second kappa shape index (κ2) is 8.57. The molecule has 2 aromatic carbocycles. The number of nitrogens with zero attached hydrogens (tertiary/aromatic N) is 2. The SMILES string of the molecule is COc1ccc(NC(=O)CN2C(=O)CSC=C2c2ccccc2)cc1[N+](=O)[O-]. The van der Waals surface area contributed by atoms with Crippen molar-refractivity contribution in [2.75, 3.05) is 24.7 Å². The third-order valence-electron chi connectivity index (χ3n) is 4.02. The standard InChI is InChI=1S/C19H17N3O5S/c1-27-17-8-7-14(9-15(17)22(25)26)20-18(23)10-21-16(11-28-12-19(21)24)13-5-3-2-4-6-13/h2-9,11H,10,12H2,1H3,(H,20,23). The fraction of sp³-hybridized carbons (Fsp3) is 0.158. The van der Waals surface area contributed by atoms with Crippen LogP contribution in [0.4, 0.5) is 11.4 Å². The van der Waals surface area contributed by atoms with Gasteiger partial charge in [-0.2, -0.15) is 0 Å². The summed E-state index contributed by atoms with van der Waals surface area (Å²) in [7, 11) is 1.33. The molecule has 2 aromatic rings. The van der Waals surface area contributed by atoms with E-state index in [4.69, 9.17) is 4.74 Å². The Morgan fingerprint density at radius 1 is 1.29 bits per heavy atom. The van der Waals surface area contributed by atoms with E-state index >= 15 is 0 Å². The highest BCUT2D eigenvalue weighted by molar-refractivity contribution is 8.03. The number of amides is 2. The maximum Gasteiger partial charge on any atom is 0.312 e. The van der Waals surface area contributed by atoms with Gasteiger partial charge in [-0.15, -0.1) is 11.8 Å². The van der Waals surface area contributed by atoms with Crippen LogP contribution in [-0.2, 0) is 9.59 Å². The van der Waals surface area contributed by atoms with Crippen LogP contribution in [0.15, 0.2) is 53.9 Å². The molecule has 0 fully saturated rings. The molecule has 0 aliphatic carbocycles. The van der Waals surface area contributed by atoms with Gasteiger partial charge in [-0.05, 0) is 23.1 Å². The minimum absolute atomic E-state index is 0.0977. The zero-order chi connectivity index (χ0) is 20.1. The summed E-state index contributed by atoms with van der Waals surface area (Å²) < 4.78 is 4.95. The molecule has 0 spiro atoms. The Hall–Kier alpha value is -3.33. The van der Waals surface area contributed by atoms with Crippen molar-refractivity contribution >= 4 is 40.6 Å². The average molecular weight is 399 g/mol. The molecule has 0 bridgehead atoms. The molecule has 2 amide bonds. The van der Waals surface area contributed by atoms with Crippen LogP contribution in [0.25, 0.3) is 5.70 Å². The largest absolute Gasteiger partial charge is 0.490 e. The monoisotopic (exact) mass is 399 g/mol. The summed E-state index contributed by atoms with van der Waals surface area (Å²) in [5.74, 6) is -0.290. The highest BCUT2D eigenvalue weighted by atomic mass is 32.2. The van der Waals surface area contributed by atoms with E-state index in [0.717, 1.165) is 5.56 Å².